The molecule has 7 unspecified atom stereocenters. The van der Waals surface area contributed by atoms with Crippen LogP contribution in [0, 0.1) is 5.92 Å². The van der Waals surface area contributed by atoms with Gasteiger partial charge < -0.3 is 59.6 Å². The van der Waals surface area contributed by atoms with E-state index < -0.39 is 120 Å². The van der Waals surface area contributed by atoms with Gasteiger partial charge >= 0.3 is 33.6 Å². The van der Waals surface area contributed by atoms with E-state index in [4.69, 9.17) is 32.7 Å². The molecule has 26 nitrogen and oxygen atoms in total. The van der Waals surface area contributed by atoms with Gasteiger partial charge in [-0.3, -0.25) is 37.5 Å². The molecule has 9 N–H and O–H groups in total. The number of nitrogens with one attached hydrogen (secondary N) is 2. The number of amides is 5. The molecular formula is C48H59N5O21P2. The zero-order valence-corrected chi connectivity index (χ0v) is 42.7. The summed E-state index contributed by atoms with van der Waals surface area (Å²) in [5.74, 6) is -4.97. The fourth-order valence-corrected chi connectivity index (χ4v) is 9.49. The van der Waals surface area contributed by atoms with Crippen LogP contribution < -0.4 is 10.6 Å². The minimum atomic E-state index is -5.37. The minimum Gasteiger partial charge on any atom is -0.462 e. The number of aliphatic hydroxyl groups is 4. The van der Waals surface area contributed by atoms with E-state index in [9.17, 15) is 63.2 Å². The van der Waals surface area contributed by atoms with Gasteiger partial charge in [0.25, 0.3) is 5.91 Å². The average molecular weight is 1100 g/mol. The number of ether oxygens (including phenoxy) is 2. The van der Waals surface area contributed by atoms with E-state index >= 15 is 0 Å². The van der Waals surface area contributed by atoms with Crippen molar-refractivity contribution in [3.8, 4) is 34.0 Å². The van der Waals surface area contributed by atoms with Crippen molar-refractivity contribution < 1.29 is 100 Å². The Balaban J connectivity index is 0.888. The number of nitrogens with zero attached hydrogens (tertiary/aromatic N) is 3. The molecule has 4 aromatic rings. The number of unbranched alkanes of at least 4 members (excludes halogenated alkanes) is 4. The van der Waals surface area contributed by atoms with Crippen LogP contribution in [0.3, 0.4) is 0 Å². The molecule has 1 aliphatic heterocycles. The van der Waals surface area contributed by atoms with E-state index in [0.29, 0.717) is 41.2 Å². The molecule has 1 saturated carbocycles. The van der Waals surface area contributed by atoms with Crippen LogP contribution >= 0.6 is 15.6 Å². The third kappa shape index (κ3) is 16.7. The SMILES string of the molecule is CCCCCC(=O)OC(COC(=O)CCCCCNC(=O)N1C(=O)CC(C(=O)NCc2ccc(-c3nnc(-c4ccc(-c5ccccc5)cc4)o3)cc2)C1=O)COP(=O)(O)OC1C(O)C(O)C(OP(=O)(O)O)C(O)C1O. The third-order valence-electron chi connectivity index (χ3n) is 12.0. The van der Waals surface area contributed by atoms with Crippen molar-refractivity contribution in [3.05, 3.63) is 84.4 Å². The van der Waals surface area contributed by atoms with Crippen LogP contribution in [-0.4, -0.2) is 148 Å². The predicted octanol–water partition coefficient (Wildman–Crippen LogP) is 2.80. The number of esters is 2. The number of urea groups is 1. The number of carbonyl (C=O) groups is 6. The average Bonchev–Trinajstić information content (AvgIpc) is 4.01. The molecule has 1 saturated heterocycles. The number of carbonyl (C=O) groups excluding carboxylic acids is 6. The first kappa shape index (κ1) is 59.1. The first-order chi connectivity index (χ1) is 36.1. The fourth-order valence-electron chi connectivity index (χ4n) is 7.95. The number of likely N-dealkylation sites (tertiary alicyclic amines) is 1. The zero-order chi connectivity index (χ0) is 55.2. The van der Waals surface area contributed by atoms with Crippen molar-refractivity contribution in [2.45, 2.75) is 114 Å². The number of aromatic nitrogens is 2. The highest BCUT2D eigenvalue weighted by Gasteiger charge is 2.54. The maximum atomic E-state index is 13.1. The van der Waals surface area contributed by atoms with E-state index in [-0.39, 0.29) is 44.7 Å². The highest BCUT2D eigenvalue weighted by Crippen LogP contribution is 2.48. The normalized spacial score (nSPS) is 21.9. The van der Waals surface area contributed by atoms with Crippen LogP contribution in [0.1, 0.15) is 70.3 Å². The summed E-state index contributed by atoms with van der Waals surface area (Å²) in [4.78, 5) is 106. The number of rotatable bonds is 26. The number of hydrogen-bond donors (Lipinski definition) is 9. The van der Waals surface area contributed by atoms with Gasteiger partial charge in [0.05, 0.1) is 6.61 Å². The fraction of sp³-hybridized carbons (Fsp3) is 0.458. The Labute approximate surface area is 434 Å². The molecule has 76 heavy (non-hydrogen) atoms. The Morgan fingerprint density at radius 1 is 0.697 bits per heavy atom. The molecule has 6 rings (SSSR count). The Bertz CT molecular complexity index is 2710. The maximum Gasteiger partial charge on any atom is 0.472 e. The first-order valence-corrected chi connectivity index (χ1v) is 27.1. The quantitative estimate of drug-likeness (QED) is 0.0143. The molecule has 2 aliphatic rings. The minimum absolute atomic E-state index is 0.0104. The van der Waals surface area contributed by atoms with Gasteiger partial charge in [-0.25, -0.2) is 13.9 Å². The van der Waals surface area contributed by atoms with Gasteiger partial charge in [-0.05, 0) is 60.2 Å². The first-order valence-electron chi connectivity index (χ1n) is 24.1. The van der Waals surface area contributed by atoms with E-state index in [1.807, 2.05) is 61.5 Å². The summed E-state index contributed by atoms with van der Waals surface area (Å²) in [6.07, 6.45) is -13.5. The summed E-state index contributed by atoms with van der Waals surface area (Å²) >= 11 is 0. The smallest absolute Gasteiger partial charge is 0.462 e. The lowest BCUT2D eigenvalue weighted by atomic mass is 9.85. The number of phosphoric ester groups is 2. The van der Waals surface area contributed by atoms with Gasteiger partial charge in [0.2, 0.25) is 23.6 Å². The topological polar surface area (TPSA) is 391 Å². The molecule has 7 atom stereocenters. The van der Waals surface area contributed by atoms with Crippen LogP contribution in [0.25, 0.3) is 34.0 Å². The lowest BCUT2D eigenvalue weighted by Gasteiger charge is -2.43. The second kappa shape index (κ2) is 27.3. The molecule has 0 spiro atoms. The Morgan fingerprint density at radius 3 is 1.86 bits per heavy atom. The van der Waals surface area contributed by atoms with Gasteiger partial charge in [0, 0.05) is 43.5 Å². The predicted molar refractivity (Wildman–Crippen MR) is 261 cm³/mol. The van der Waals surface area contributed by atoms with Gasteiger partial charge in [-0.2, -0.15) is 4.90 Å². The summed E-state index contributed by atoms with van der Waals surface area (Å²) in [5, 5.41) is 54.7. The van der Waals surface area contributed by atoms with Crippen LogP contribution in [0.4, 0.5) is 4.79 Å². The molecule has 0 radical (unpaired) electrons. The molecule has 0 bridgehead atoms. The number of phosphoric acid groups is 2. The molecule has 5 amide bonds. The van der Waals surface area contributed by atoms with Crippen molar-refractivity contribution in [2.24, 2.45) is 5.92 Å². The van der Waals surface area contributed by atoms with Crippen LogP contribution in [0.2, 0.25) is 0 Å². The summed E-state index contributed by atoms with van der Waals surface area (Å²) in [6.45, 7) is 0.256. The van der Waals surface area contributed by atoms with Gasteiger partial charge in [0.15, 0.2) is 6.10 Å². The highest BCUT2D eigenvalue weighted by atomic mass is 31.2. The zero-order valence-electron chi connectivity index (χ0n) is 40.9. The van der Waals surface area contributed by atoms with Crippen LogP contribution in [0.5, 0.6) is 0 Å². The van der Waals surface area contributed by atoms with E-state index in [0.717, 1.165) is 23.1 Å². The lowest BCUT2D eigenvalue weighted by Crippen LogP contribution is -2.64. The molecule has 412 valence electrons. The van der Waals surface area contributed by atoms with Crippen molar-refractivity contribution in [2.75, 3.05) is 19.8 Å². The molecule has 2 fully saturated rings. The molecule has 1 aromatic heterocycles. The summed E-state index contributed by atoms with van der Waals surface area (Å²) in [5.41, 5.74) is 4.15. The van der Waals surface area contributed by atoms with E-state index in [2.05, 4.69) is 25.4 Å². The van der Waals surface area contributed by atoms with Crippen molar-refractivity contribution in [1.29, 1.82) is 0 Å². The molecule has 2 heterocycles. The number of imide groups is 3. The number of benzene rings is 3. The monoisotopic (exact) mass is 1100 g/mol. The van der Waals surface area contributed by atoms with Crippen molar-refractivity contribution in [3.63, 3.8) is 0 Å². The highest BCUT2D eigenvalue weighted by molar-refractivity contribution is 7.47. The Morgan fingerprint density at radius 2 is 1.25 bits per heavy atom. The summed E-state index contributed by atoms with van der Waals surface area (Å²) in [7, 11) is -10.7. The van der Waals surface area contributed by atoms with E-state index in [1.54, 1.807) is 24.3 Å². The molecule has 3 aromatic carbocycles. The second-order valence-corrected chi connectivity index (χ2v) is 20.3. The molecule has 1 aliphatic carbocycles. The Kier molecular flexibility index (Phi) is 21.2. The van der Waals surface area contributed by atoms with Gasteiger partial charge in [0.1, 0.15) is 49.1 Å². The maximum absolute atomic E-state index is 13.1. The lowest BCUT2D eigenvalue weighted by molar-refractivity contribution is -0.216. The summed E-state index contributed by atoms with van der Waals surface area (Å²) < 4.78 is 54.4. The standard InChI is InChI=1S/C48H59N5O21P2/c1-2-3-6-14-37(56)71-33(27-70-76(67,68)74-43-40(59)38(57)42(39(58)41(43)60)73-75(64,65)66)26-69-36(55)13-9-5-10-23-49-48(63)53-35(54)24-34(47(53)62)44(61)50-25-28-15-17-31(18-16-28)45-51-52-46(72-45)32-21-19-30(20-22-32)29-11-7-4-8-12-29/h4,7-8,11-12,15-22,33-34,38-43,57-60H,2-3,5-6,9-10,13-14,23-27H2,1H3,(H,49,63)(H,50,61)(H,67,68)(H2,64,65,66). The van der Waals surface area contributed by atoms with Gasteiger partial charge in [-0.15, -0.1) is 10.2 Å². The number of aliphatic hydroxyl groups excluding tert-OH is 4. The summed E-state index contributed by atoms with van der Waals surface area (Å²) in [6, 6.07) is 23.5. The van der Waals surface area contributed by atoms with Crippen LogP contribution in [-0.2, 0) is 62.7 Å². The molecule has 28 heteroatoms. The van der Waals surface area contributed by atoms with Gasteiger partial charge in [-0.1, -0.05) is 80.8 Å². The second-order valence-electron chi connectivity index (χ2n) is 17.7. The molecular weight excluding hydrogens is 1040 g/mol. The Hall–Kier alpha value is -6.12. The van der Waals surface area contributed by atoms with E-state index in [1.165, 1.54) is 0 Å². The van der Waals surface area contributed by atoms with Crippen LogP contribution in [0.15, 0.2) is 83.3 Å². The van der Waals surface area contributed by atoms with Crippen molar-refractivity contribution in [1.82, 2.24) is 25.7 Å². The third-order valence-corrected chi connectivity index (χ3v) is 13.5. The largest absolute Gasteiger partial charge is 0.472 e. The number of hydrogen-bond acceptors (Lipinski definition) is 20. The van der Waals surface area contributed by atoms with Crippen molar-refractivity contribution >= 4 is 51.3 Å².